The van der Waals surface area contributed by atoms with Gasteiger partial charge < -0.3 is 15.0 Å². The molecule has 1 amide bonds. The Hall–Kier alpha value is -0.883. The normalized spacial score (nSPS) is 23.8. The van der Waals surface area contributed by atoms with Crippen molar-refractivity contribution in [3.05, 3.63) is 0 Å². The van der Waals surface area contributed by atoms with Crippen LogP contribution in [-0.2, 0) is 14.3 Å². The minimum atomic E-state index is -1.15. The smallest absolute Gasteiger partial charge is 0.322 e. The average Bonchev–Trinajstić information content (AvgIpc) is 2.77. The lowest BCUT2D eigenvalue weighted by Crippen LogP contribution is -2.39. The van der Waals surface area contributed by atoms with Gasteiger partial charge in [0.15, 0.2) is 0 Å². The van der Waals surface area contributed by atoms with Gasteiger partial charge in [-0.3, -0.25) is 9.59 Å². The number of carbonyl (C=O) groups excluding carboxylic acids is 2. The molecule has 1 rings (SSSR count). The summed E-state index contributed by atoms with van der Waals surface area (Å²) in [6.45, 7) is 8.34. The van der Waals surface area contributed by atoms with Gasteiger partial charge in [0, 0.05) is 27.2 Å². The largest absolute Gasteiger partial charge is 0.468 e. The predicted molar refractivity (Wildman–Crippen MR) is 73.1 cm³/mol. The van der Waals surface area contributed by atoms with Crippen LogP contribution in [0.1, 0.15) is 6.42 Å². The summed E-state index contributed by atoms with van der Waals surface area (Å²) < 4.78 is 4.71. The van der Waals surface area contributed by atoms with Crippen LogP contribution in [0.15, 0.2) is 0 Å². The van der Waals surface area contributed by atoms with E-state index in [-0.39, 0.29) is 18.1 Å². The maximum atomic E-state index is 11.4. The fourth-order valence-electron chi connectivity index (χ4n) is 2.08. The molecule has 0 saturated carbocycles. The minimum absolute atomic E-state index is 0.114. The number of ether oxygens (including phenoxy) is 1. The van der Waals surface area contributed by atoms with Crippen LogP contribution in [0.25, 0.3) is 0 Å². The quantitative estimate of drug-likeness (QED) is 0.439. The molecule has 0 aromatic carbocycles. The van der Waals surface area contributed by atoms with Gasteiger partial charge in [0.25, 0.3) is 0 Å². The molecule has 0 spiro atoms. The van der Waals surface area contributed by atoms with Gasteiger partial charge in [0.2, 0.25) is 6.41 Å². The lowest BCUT2D eigenvalue weighted by Gasteiger charge is -2.27. The van der Waals surface area contributed by atoms with Crippen LogP contribution in [-0.4, -0.2) is 57.6 Å². The zero-order valence-corrected chi connectivity index (χ0v) is 12.7. The Kier molecular flexibility index (Phi) is 5.34. The first-order valence-corrected chi connectivity index (χ1v) is 10.1. The minimum Gasteiger partial charge on any atom is -0.468 e. The van der Waals surface area contributed by atoms with Gasteiger partial charge in [-0.2, -0.15) is 0 Å². The van der Waals surface area contributed by atoms with Crippen molar-refractivity contribution in [2.45, 2.75) is 44.2 Å². The van der Waals surface area contributed by atoms with Crippen LogP contribution in [0.2, 0.25) is 25.7 Å². The Bertz CT molecular complexity index is 304. The summed E-state index contributed by atoms with van der Waals surface area (Å²) in [5, 5.41) is 3.11. The molecule has 0 aliphatic carbocycles. The van der Waals surface area contributed by atoms with Gasteiger partial charge in [0.1, 0.15) is 6.04 Å². The molecule has 0 bridgehead atoms. The second kappa shape index (κ2) is 6.33. The van der Waals surface area contributed by atoms with Crippen molar-refractivity contribution in [1.29, 1.82) is 0 Å². The summed E-state index contributed by atoms with van der Waals surface area (Å²) >= 11 is 0. The summed E-state index contributed by atoms with van der Waals surface area (Å²) in [7, 11) is 0.243. The van der Waals surface area contributed by atoms with Crippen LogP contribution in [0, 0.1) is 0 Å². The van der Waals surface area contributed by atoms with Crippen LogP contribution in [0.5, 0.6) is 0 Å². The summed E-state index contributed by atoms with van der Waals surface area (Å²) in [6.07, 6.45) is 1.56. The molecule has 1 fully saturated rings. The first-order chi connectivity index (χ1) is 8.37. The Balaban J connectivity index is 2.48. The topological polar surface area (TPSA) is 58.6 Å². The number of carbonyl (C=O) groups is 2. The summed E-state index contributed by atoms with van der Waals surface area (Å²) in [6, 6.07) is 0.933. The van der Waals surface area contributed by atoms with Crippen LogP contribution in [0.3, 0.4) is 0 Å². The SMILES string of the molecule is COC(=O)[C@@H]1C[C@@H](N(C=O)CC[Si](C)(C)C)CN1. The van der Waals surface area contributed by atoms with E-state index in [0.717, 1.165) is 19.0 Å². The predicted octanol–water partition coefficient (Wildman–Crippen LogP) is 0.686. The highest BCUT2D eigenvalue weighted by molar-refractivity contribution is 6.76. The number of methoxy groups -OCH3 is 1. The van der Waals surface area contributed by atoms with Gasteiger partial charge >= 0.3 is 5.97 Å². The van der Waals surface area contributed by atoms with Crippen molar-refractivity contribution in [2.24, 2.45) is 0 Å². The molecular weight excluding hydrogens is 248 g/mol. The maximum Gasteiger partial charge on any atom is 0.322 e. The molecule has 1 heterocycles. The third-order valence-electron chi connectivity index (χ3n) is 3.32. The molecule has 104 valence electrons. The summed E-state index contributed by atoms with van der Waals surface area (Å²) in [5.41, 5.74) is 0. The van der Waals surface area contributed by atoms with E-state index < -0.39 is 8.07 Å². The number of rotatable bonds is 6. The third-order valence-corrected chi connectivity index (χ3v) is 5.04. The van der Waals surface area contributed by atoms with E-state index in [2.05, 4.69) is 25.0 Å². The number of amides is 1. The van der Waals surface area contributed by atoms with Gasteiger partial charge in [0.05, 0.1) is 7.11 Å². The number of nitrogens with zero attached hydrogens (tertiary/aromatic N) is 1. The molecule has 1 N–H and O–H groups in total. The molecule has 18 heavy (non-hydrogen) atoms. The van der Waals surface area contributed by atoms with Crippen molar-refractivity contribution in [3.63, 3.8) is 0 Å². The molecule has 1 aliphatic rings. The van der Waals surface area contributed by atoms with E-state index in [0.29, 0.717) is 13.0 Å². The molecule has 1 aliphatic heterocycles. The Morgan fingerprint density at radius 1 is 1.50 bits per heavy atom. The van der Waals surface area contributed by atoms with Crippen molar-refractivity contribution in [1.82, 2.24) is 10.2 Å². The summed E-state index contributed by atoms with van der Waals surface area (Å²) in [4.78, 5) is 24.4. The first-order valence-electron chi connectivity index (χ1n) is 6.39. The van der Waals surface area contributed by atoms with E-state index in [1.165, 1.54) is 7.11 Å². The number of nitrogens with one attached hydrogen (secondary N) is 1. The molecule has 1 saturated heterocycles. The van der Waals surface area contributed by atoms with Crippen LogP contribution in [0.4, 0.5) is 0 Å². The Morgan fingerprint density at radius 2 is 2.17 bits per heavy atom. The second-order valence-electron chi connectivity index (χ2n) is 6.03. The van der Waals surface area contributed by atoms with Crippen molar-refractivity contribution >= 4 is 20.5 Å². The van der Waals surface area contributed by atoms with Gasteiger partial charge in [-0.25, -0.2) is 0 Å². The molecular formula is C12H24N2O3Si. The molecule has 6 heteroatoms. The Morgan fingerprint density at radius 3 is 2.67 bits per heavy atom. The molecule has 5 nitrogen and oxygen atoms in total. The monoisotopic (exact) mass is 272 g/mol. The zero-order chi connectivity index (χ0) is 13.8. The van der Waals surface area contributed by atoms with E-state index >= 15 is 0 Å². The third kappa shape index (κ3) is 4.42. The highest BCUT2D eigenvalue weighted by atomic mass is 28.3. The zero-order valence-electron chi connectivity index (χ0n) is 11.7. The van der Waals surface area contributed by atoms with Crippen molar-refractivity contribution in [3.8, 4) is 0 Å². The van der Waals surface area contributed by atoms with E-state index in [9.17, 15) is 9.59 Å². The average molecular weight is 272 g/mol. The Labute approximate surface area is 110 Å². The first kappa shape index (κ1) is 15.2. The van der Waals surface area contributed by atoms with Crippen LogP contribution < -0.4 is 5.32 Å². The van der Waals surface area contributed by atoms with Gasteiger partial charge in [-0.05, 0) is 12.5 Å². The van der Waals surface area contributed by atoms with E-state index in [1.807, 2.05) is 4.90 Å². The van der Waals surface area contributed by atoms with E-state index in [4.69, 9.17) is 4.74 Å². The van der Waals surface area contributed by atoms with Crippen molar-refractivity contribution < 1.29 is 14.3 Å². The second-order valence-corrected chi connectivity index (χ2v) is 11.6. The molecule has 0 radical (unpaired) electrons. The lowest BCUT2D eigenvalue weighted by molar-refractivity contribution is -0.142. The molecule has 0 aromatic heterocycles. The number of hydrogen-bond acceptors (Lipinski definition) is 4. The van der Waals surface area contributed by atoms with E-state index in [1.54, 1.807) is 0 Å². The van der Waals surface area contributed by atoms with Gasteiger partial charge in [-0.15, -0.1) is 0 Å². The van der Waals surface area contributed by atoms with Gasteiger partial charge in [-0.1, -0.05) is 19.6 Å². The standard InChI is InChI=1S/C12H24N2O3Si/c1-17-12(16)11-7-10(8-13-11)14(9-15)5-6-18(2,3)4/h9-11,13H,5-8H2,1-4H3/t10-,11+/m1/s1. The molecule has 2 atom stereocenters. The fraction of sp³-hybridized carbons (Fsp3) is 0.833. The molecule has 0 aromatic rings. The maximum absolute atomic E-state index is 11.4. The highest BCUT2D eigenvalue weighted by Crippen LogP contribution is 2.16. The van der Waals surface area contributed by atoms with Crippen molar-refractivity contribution in [2.75, 3.05) is 20.2 Å². The molecule has 0 unspecified atom stereocenters. The summed E-state index contributed by atoms with van der Waals surface area (Å²) in [5.74, 6) is -0.242. The fourth-order valence-corrected chi connectivity index (χ4v) is 3.01. The number of esters is 1. The van der Waals surface area contributed by atoms with Crippen LogP contribution >= 0.6 is 0 Å². The highest BCUT2D eigenvalue weighted by Gasteiger charge is 2.33. The lowest BCUT2D eigenvalue weighted by atomic mass is 10.1. The number of hydrogen-bond donors (Lipinski definition) is 1.